The van der Waals surface area contributed by atoms with Crippen molar-refractivity contribution in [1.82, 2.24) is 9.88 Å². The van der Waals surface area contributed by atoms with Gasteiger partial charge >= 0.3 is 6.09 Å². The van der Waals surface area contributed by atoms with Crippen molar-refractivity contribution in [3.05, 3.63) is 42.7 Å². The van der Waals surface area contributed by atoms with Crippen LogP contribution in [0.2, 0.25) is 0 Å². The van der Waals surface area contributed by atoms with E-state index in [1.807, 2.05) is 51.1 Å². The van der Waals surface area contributed by atoms with Crippen LogP contribution in [0.15, 0.2) is 42.7 Å². The number of carbonyl (C=O) groups excluding carboxylic acids is 1. The van der Waals surface area contributed by atoms with E-state index in [1.54, 1.807) is 17.3 Å². The second kappa shape index (κ2) is 7.73. The van der Waals surface area contributed by atoms with Gasteiger partial charge in [0.05, 0.1) is 11.4 Å². The van der Waals surface area contributed by atoms with E-state index in [2.05, 4.69) is 15.2 Å². The smallest absolute Gasteiger partial charge is 0.410 e. The summed E-state index contributed by atoms with van der Waals surface area (Å²) in [4.78, 5) is 20.2. The van der Waals surface area contributed by atoms with E-state index in [-0.39, 0.29) is 6.09 Å². The summed E-state index contributed by atoms with van der Waals surface area (Å²) < 4.78 is 5.46. The Kier molecular flexibility index (Phi) is 5.39. The number of hydrogen-bond acceptors (Lipinski definition) is 6. The molecule has 1 fully saturated rings. The maximum Gasteiger partial charge on any atom is 0.410 e. The summed E-state index contributed by atoms with van der Waals surface area (Å²) in [5.41, 5.74) is 9.19. The topological polar surface area (TPSA) is 83.7 Å². The number of nitrogens with two attached hydrogens (primary N) is 1. The molecule has 0 radical (unpaired) electrons. The normalized spacial score (nSPS) is 14.8. The minimum Gasteiger partial charge on any atom is -0.444 e. The first kappa shape index (κ1) is 18.8. The van der Waals surface area contributed by atoms with Gasteiger partial charge in [-0.2, -0.15) is 0 Å². The molecule has 1 aliphatic heterocycles. The lowest BCUT2D eigenvalue weighted by molar-refractivity contribution is 0.0240. The van der Waals surface area contributed by atoms with Crippen molar-refractivity contribution in [2.45, 2.75) is 26.4 Å². The monoisotopic (exact) mass is 369 g/mol. The molecule has 3 N–H and O–H groups in total. The van der Waals surface area contributed by atoms with Gasteiger partial charge in [-0.3, -0.25) is 4.98 Å². The molecular formula is C20H27N5O2. The Morgan fingerprint density at radius 3 is 2.41 bits per heavy atom. The van der Waals surface area contributed by atoms with Crippen molar-refractivity contribution < 1.29 is 9.53 Å². The van der Waals surface area contributed by atoms with Crippen molar-refractivity contribution >= 4 is 28.8 Å². The van der Waals surface area contributed by atoms with E-state index >= 15 is 0 Å². The van der Waals surface area contributed by atoms with Crippen LogP contribution in [0.5, 0.6) is 0 Å². The molecule has 2 aromatic rings. The van der Waals surface area contributed by atoms with Crippen LogP contribution in [-0.2, 0) is 4.74 Å². The molecule has 0 atom stereocenters. The first-order chi connectivity index (χ1) is 12.8. The maximum atomic E-state index is 12.2. The highest BCUT2D eigenvalue weighted by molar-refractivity contribution is 5.77. The third-order valence-electron chi connectivity index (χ3n) is 4.29. The molecule has 2 heterocycles. The molecular weight excluding hydrogens is 342 g/mol. The fourth-order valence-electron chi connectivity index (χ4n) is 2.91. The van der Waals surface area contributed by atoms with Gasteiger partial charge in [0, 0.05) is 49.9 Å². The third-order valence-corrected chi connectivity index (χ3v) is 4.29. The predicted molar refractivity (Wildman–Crippen MR) is 108 cm³/mol. The van der Waals surface area contributed by atoms with Gasteiger partial charge in [0.25, 0.3) is 0 Å². The van der Waals surface area contributed by atoms with Crippen LogP contribution < -0.4 is 16.0 Å². The highest BCUT2D eigenvalue weighted by atomic mass is 16.6. The fraction of sp³-hybridized carbons (Fsp3) is 0.400. The number of carbonyl (C=O) groups is 1. The summed E-state index contributed by atoms with van der Waals surface area (Å²) in [5.74, 6) is 0. The van der Waals surface area contributed by atoms with Gasteiger partial charge in [-0.05, 0) is 51.1 Å². The van der Waals surface area contributed by atoms with Gasteiger partial charge in [-0.15, -0.1) is 0 Å². The summed E-state index contributed by atoms with van der Waals surface area (Å²) in [6.07, 6.45) is 3.22. The lowest BCUT2D eigenvalue weighted by atomic mass is 10.2. The molecule has 1 amide bonds. The fourth-order valence-corrected chi connectivity index (χ4v) is 2.91. The van der Waals surface area contributed by atoms with E-state index in [4.69, 9.17) is 10.5 Å². The maximum absolute atomic E-state index is 12.2. The zero-order chi connectivity index (χ0) is 19.4. The Labute approximate surface area is 160 Å². The Morgan fingerprint density at radius 1 is 1.11 bits per heavy atom. The van der Waals surface area contributed by atoms with Crippen LogP contribution in [0.1, 0.15) is 20.8 Å². The zero-order valence-electron chi connectivity index (χ0n) is 16.1. The Hall–Kier alpha value is -2.96. The lowest BCUT2D eigenvalue weighted by Crippen LogP contribution is -2.50. The standard InChI is InChI=1S/C20H27N5O2/c1-20(2,3)27-19(26)25-12-10-24(11-13-25)16-4-5-17(21)18(14-16)23-15-6-8-22-9-7-15/h4-9,14H,10-13,21H2,1-3H3,(H,22,23). The van der Waals surface area contributed by atoms with Gasteiger partial charge < -0.3 is 25.6 Å². The van der Waals surface area contributed by atoms with Crippen molar-refractivity contribution in [3.8, 4) is 0 Å². The SMILES string of the molecule is CC(C)(C)OC(=O)N1CCN(c2ccc(N)c(Nc3ccncc3)c2)CC1. The summed E-state index contributed by atoms with van der Waals surface area (Å²) in [6, 6.07) is 9.74. The van der Waals surface area contributed by atoms with Crippen LogP contribution in [-0.4, -0.2) is 47.8 Å². The molecule has 1 aromatic heterocycles. The number of ether oxygens (including phenoxy) is 1. The summed E-state index contributed by atoms with van der Waals surface area (Å²) in [6.45, 7) is 8.40. The highest BCUT2D eigenvalue weighted by Gasteiger charge is 2.26. The molecule has 1 saturated heterocycles. The van der Waals surface area contributed by atoms with E-state index in [9.17, 15) is 4.79 Å². The first-order valence-electron chi connectivity index (χ1n) is 9.11. The van der Waals surface area contributed by atoms with Gasteiger partial charge in [-0.1, -0.05) is 0 Å². The number of pyridine rings is 1. The molecule has 0 saturated carbocycles. The van der Waals surface area contributed by atoms with Gasteiger partial charge in [-0.25, -0.2) is 4.79 Å². The quantitative estimate of drug-likeness (QED) is 0.806. The summed E-state index contributed by atoms with van der Waals surface area (Å²) in [5, 5.41) is 3.33. The number of nitrogens with one attached hydrogen (secondary N) is 1. The average Bonchev–Trinajstić information content (AvgIpc) is 2.63. The molecule has 0 spiro atoms. The molecule has 144 valence electrons. The minimum atomic E-state index is -0.474. The Bertz CT molecular complexity index is 781. The minimum absolute atomic E-state index is 0.250. The molecule has 7 nitrogen and oxygen atoms in total. The van der Waals surface area contributed by atoms with Crippen molar-refractivity contribution in [1.29, 1.82) is 0 Å². The van der Waals surface area contributed by atoms with Crippen LogP contribution in [0.25, 0.3) is 0 Å². The molecule has 3 rings (SSSR count). The molecule has 1 aromatic carbocycles. The first-order valence-corrected chi connectivity index (χ1v) is 9.11. The number of aromatic nitrogens is 1. The Morgan fingerprint density at radius 2 is 1.78 bits per heavy atom. The van der Waals surface area contributed by atoms with Crippen molar-refractivity contribution in [3.63, 3.8) is 0 Å². The average molecular weight is 369 g/mol. The molecule has 7 heteroatoms. The van der Waals surface area contributed by atoms with E-state index in [0.717, 1.165) is 30.2 Å². The van der Waals surface area contributed by atoms with Crippen LogP contribution in [0.4, 0.5) is 27.5 Å². The van der Waals surface area contributed by atoms with E-state index in [0.29, 0.717) is 18.8 Å². The zero-order valence-corrected chi connectivity index (χ0v) is 16.1. The van der Waals surface area contributed by atoms with Gasteiger partial charge in [0.1, 0.15) is 5.60 Å². The Balaban J connectivity index is 1.64. The predicted octanol–water partition coefficient (Wildman–Crippen LogP) is 3.46. The number of hydrogen-bond donors (Lipinski definition) is 2. The highest BCUT2D eigenvalue weighted by Crippen LogP contribution is 2.29. The van der Waals surface area contributed by atoms with Crippen molar-refractivity contribution in [2.75, 3.05) is 42.1 Å². The van der Waals surface area contributed by atoms with E-state index in [1.165, 1.54) is 0 Å². The number of benzene rings is 1. The van der Waals surface area contributed by atoms with Gasteiger partial charge in [0.15, 0.2) is 0 Å². The van der Waals surface area contributed by atoms with Crippen molar-refractivity contribution in [2.24, 2.45) is 0 Å². The number of anilines is 4. The number of nitrogens with zero attached hydrogens (tertiary/aromatic N) is 3. The summed E-state index contributed by atoms with van der Waals surface area (Å²) in [7, 11) is 0. The third kappa shape index (κ3) is 5.03. The molecule has 27 heavy (non-hydrogen) atoms. The van der Waals surface area contributed by atoms with E-state index < -0.39 is 5.60 Å². The molecule has 0 unspecified atom stereocenters. The molecule has 1 aliphatic rings. The number of piperazine rings is 1. The lowest BCUT2D eigenvalue weighted by Gasteiger charge is -2.37. The van der Waals surface area contributed by atoms with Crippen LogP contribution >= 0.6 is 0 Å². The largest absolute Gasteiger partial charge is 0.444 e. The summed E-state index contributed by atoms with van der Waals surface area (Å²) >= 11 is 0. The second-order valence-corrected chi connectivity index (χ2v) is 7.59. The second-order valence-electron chi connectivity index (χ2n) is 7.59. The molecule has 0 aliphatic carbocycles. The number of amides is 1. The number of nitrogen functional groups attached to an aromatic ring is 1. The van der Waals surface area contributed by atoms with Crippen LogP contribution in [0.3, 0.4) is 0 Å². The number of rotatable bonds is 3. The van der Waals surface area contributed by atoms with Gasteiger partial charge in [0.2, 0.25) is 0 Å². The van der Waals surface area contributed by atoms with Crippen LogP contribution in [0, 0.1) is 0 Å². The molecule has 0 bridgehead atoms.